The van der Waals surface area contributed by atoms with E-state index in [2.05, 4.69) is 13.0 Å². The summed E-state index contributed by atoms with van der Waals surface area (Å²) in [6.45, 7) is 4.09. The highest BCUT2D eigenvalue weighted by atomic mass is 19.2. The van der Waals surface area contributed by atoms with Crippen molar-refractivity contribution in [2.45, 2.75) is 13.8 Å². The van der Waals surface area contributed by atoms with Gasteiger partial charge in [-0.2, -0.15) is 0 Å². The number of hydrogen-bond donors (Lipinski definition) is 1. The Labute approximate surface area is 128 Å². The molecule has 0 aliphatic heterocycles. The number of anilines is 1. The monoisotopic (exact) mass is 337 g/mol. The van der Waals surface area contributed by atoms with Crippen LogP contribution < -0.4 is 11.2 Å². The third-order valence-corrected chi connectivity index (χ3v) is 3.11. The van der Waals surface area contributed by atoms with Crippen molar-refractivity contribution < 1.29 is 30.6 Å². The van der Waals surface area contributed by atoms with Gasteiger partial charge in [-0.05, 0) is 31.0 Å². The summed E-state index contributed by atoms with van der Waals surface area (Å²) < 4.78 is 85.4. The topological polar surface area (TPSA) is 26.0 Å². The van der Waals surface area contributed by atoms with E-state index < -0.39 is 41.8 Å². The summed E-state index contributed by atoms with van der Waals surface area (Å²) in [4.78, 5) is 0. The minimum Gasteiger partial charge on any atom is -0.399 e. The molecule has 0 atom stereocenters. The summed E-state index contributed by atoms with van der Waals surface area (Å²) in [5.74, 6) is -12.2. The lowest BCUT2D eigenvalue weighted by Gasteiger charge is -2.04. The summed E-state index contributed by atoms with van der Waals surface area (Å²) in [7, 11) is -3.76. The molecule has 0 amide bonds. The number of halogens is 7. The maximum Gasteiger partial charge on any atom is 0.578 e. The molecule has 9 heteroatoms. The zero-order valence-electron chi connectivity index (χ0n) is 12.0. The molecule has 0 fully saturated rings. The van der Waals surface area contributed by atoms with Crippen LogP contribution >= 0.6 is 0 Å². The normalized spacial score (nSPS) is 10.1. The molecular formula is C14H11BF7N. The molecule has 0 aromatic heterocycles. The molecule has 2 aromatic rings. The van der Waals surface area contributed by atoms with Gasteiger partial charge in [0.2, 0.25) is 0 Å². The van der Waals surface area contributed by atoms with Gasteiger partial charge < -0.3 is 5.73 Å². The average molecular weight is 337 g/mol. The Morgan fingerprint density at radius 3 is 1.57 bits per heavy atom. The quantitative estimate of drug-likeness (QED) is 0.276. The van der Waals surface area contributed by atoms with E-state index in [0.29, 0.717) is 0 Å². The molecule has 0 aliphatic rings. The van der Waals surface area contributed by atoms with Crippen LogP contribution in [0.5, 0.6) is 0 Å². The lowest BCUT2D eigenvalue weighted by Crippen LogP contribution is -2.31. The van der Waals surface area contributed by atoms with Gasteiger partial charge in [0.25, 0.3) is 0 Å². The second-order valence-corrected chi connectivity index (χ2v) is 4.57. The first-order chi connectivity index (χ1) is 10.6. The van der Waals surface area contributed by atoms with Gasteiger partial charge in [0.1, 0.15) is 0 Å². The van der Waals surface area contributed by atoms with Crippen molar-refractivity contribution in [1.29, 1.82) is 0 Å². The molecule has 0 radical (unpaired) electrons. The lowest BCUT2D eigenvalue weighted by atomic mass is 9.84. The molecule has 0 aliphatic carbocycles. The van der Waals surface area contributed by atoms with Gasteiger partial charge in [-0.15, -0.1) is 0 Å². The SMILES string of the molecule is Cc1cccc(N)c1C.FB(F)c1c(F)c(F)c(F)c(F)c1F. The number of nitrogens with two attached hydrogens (primary N) is 1. The molecule has 23 heavy (non-hydrogen) atoms. The highest BCUT2D eigenvalue weighted by Crippen LogP contribution is 2.17. The number of nitrogen functional groups attached to an aromatic ring is 1. The minimum atomic E-state index is -3.76. The zero-order chi connectivity index (χ0) is 17.9. The second-order valence-electron chi connectivity index (χ2n) is 4.57. The number of hydrogen-bond acceptors (Lipinski definition) is 1. The molecule has 0 unspecified atom stereocenters. The van der Waals surface area contributed by atoms with E-state index in [0.717, 1.165) is 5.69 Å². The summed E-state index contributed by atoms with van der Waals surface area (Å²) in [5.41, 5.74) is 6.85. The van der Waals surface area contributed by atoms with E-state index in [1.807, 2.05) is 19.1 Å². The van der Waals surface area contributed by atoms with Crippen LogP contribution in [0, 0.1) is 42.9 Å². The van der Waals surface area contributed by atoms with Crippen LogP contribution in [0.2, 0.25) is 0 Å². The maximum absolute atomic E-state index is 12.5. The third-order valence-electron chi connectivity index (χ3n) is 3.11. The summed E-state index contributed by atoms with van der Waals surface area (Å²) >= 11 is 0. The molecule has 124 valence electrons. The standard InChI is InChI=1S/C8H11N.C6BF7/c1-6-4-3-5-8(9)7(6)2;8-2-1(7(13)14)3(9)5(11)6(12)4(2)10/h3-5H,9H2,1-2H3;. The molecule has 2 rings (SSSR count). The first kappa shape index (κ1) is 18.9. The zero-order valence-corrected chi connectivity index (χ0v) is 12.0. The highest BCUT2D eigenvalue weighted by molar-refractivity contribution is 6.60. The summed E-state index contributed by atoms with van der Waals surface area (Å²) in [6, 6.07) is 5.95. The fourth-order valence-electron chi connectivity index (χ4n) is 1.59. The van der Waals surface area contributed by atoms with Crippen molar-refractivity contribution in [1.82, 2.24) is 0 Å². The predicted octanol–water partition coefficient (Wildman–Crippen LogP) is 3.90. The van der Waals surface area contributed by atoms with Crippen LogP contribution in [0.1, 0.15) is 11.1 Å². The Bertz CT molecular complexity index is 670. The maximum atomic E-state index is 12.5. The van der Waals surface area contributed by atoms with E-state index in [4.69, 9.17) is 5.73 Å². The Morgan fingerprint density at radius 2 is 1.22 bits per heavy atom. The van der Waals surface area contributed by atoms with Gasteiger partial charge in [0.05, 0.1) is 5.46 Å². The van der Waals surface area contributed by atoms with Crippen LogP contribution in [-0.2, 0) is 0 Å². The Hall–Kier alpha value is -2.19. The summed E-state index contributed by atoms with van der Waals surface area (Å²) in [5, 5.41) is 0. The van der Waals surface area contributed by atoms with Crippen LogP contribution in [0.25, 0.3) is 0 Å². The van der Waals surface area contributed by atoms with Crippen molar-refractivity contribution in [2.75, 3.05) is 5.73 Å². The molecule has 0 bridgehead atoms. The molecule has 0 spiro atoms. The number of benzene rings is 2. The Kier molecular flexibility index (Phi) is 6.06. The second kappa shape index (κ2) is 7.39. The van der Waals surface area contributed by atoms with Gasteiger partial charge in [0.15, 0.2) is 29.1 Å². The van der Waals surface area contributed by atoms with Crippen LogP contribution in [0.15, 0.2) is 18.2 Å². The van der Waals surface area contributed by atoms with Crippen molar-refractivity contribution in [2.24, 2.45) is 0 Å². The molecule has 2 aromatic carbocycles. The average Bonchev–Trinajstić information content (AvgIpc) is 2.49. The molecule has 0 saturated heterocycles. The Balaban J connectivity index is 0.000000253. The lowest BCUT2D eigenvalue weighted by molar-refractivity contribution is 0.382. The van der Waals surface area contributed by atoms with E-state index in [-0.39, 0.29) is 0 Å². The first-order valence-corrected chi connectivity index (χ1v) is 6.20. The molecule has 1 nitrogen and oxygen atoms in total. The van der Waals surface area contributed by atoms with Crippen molar-refractivity contribution in [3.63, 3.8) is 0 Å². The van der Waals surface area contributed by atoms with Gasteiger partial charge in [0, 0.05) is 5.69 Å². The van der Waals surface area contributed by atoms with Crippen LogP contribution in [0.4, 0.5) is 36.3 Å². The number of aryl methyl sites for hydroxylation is 1. The minimum absolute atomic E-state index is 0.884. The predicted molar refractivity (Wildman–Crippen MR) is 74.2 cm³/mol. The molecule has 0 saturated carbocycles. The molecule has 2 N–H and O–H groups in total. The first-order valence-electron chi connectivity index (χ1n) is 6.20. The van der Waals surface area contributed by atoms with Gasteiger partial charge in [-0.25, -0.2) is 22.0 Å². The number of rotatable bonds is 1. The largest absolute Gasteiger partial charge is 0.578 e. The van der Waals surface area contributed by atoms with Gasteiger partial charge >= 0.3 is 7.27 Å². The fourth-order valence-corrected chi connectivity index (χ4v) is 1.59. The van der Waals surface area contributed by atoms with Crippen LogP contribution in [0.3, 0.4) is 0 Å². The smallest absolute Gasteiger partial charge is 0.399 e. The van der Waals surface area contributed by atoms with E-state index in [9.17, 15) is 30.6 Å². The van der Waals surface area contributed by atoms with Crippen molar-refractivity contribution in [3.8, 4) is 0 Å². The molecular weight excluding hydrogens is 326 g/mol. The highest BCUT2D eigenvalue weighted by Gasteiger charge is 2.34. The van der Waals surface area contributed by atoms with Crippen molar-refractivity contribution >= 4 is 18.4 Å². The van der Waals surface area contributed by atoms with Crippen LogP contribution in [-0.4, -0.2) is 7.27 Å². The Morgan fingerprint density at radius 1 is 0.783 bits per heavy atom. The van der Waals surface area contributed by atoms with E-state index in [1.54, 1.807) is 0 Å². The molecule has 0 heterocycles. The fraction of sp³-hybridized carbons (Fsp3) is 0.143. The van der Waals surface area contributed by atoms with Crippen molar-refractivity contribution in [3.05, 3.63) is 58.4 Å². The summed E-state index contributed by atoms with van der Waals surface area (Å²) in [6.07, 6.45) is 0. The van der Waals surface area contributed by atoms with E-state index >= 15 is 0 Å². The van der Waals surface area contributed by atoms with E-state index in [1.165, 1.54) is 11.1 Å². The van der Waals surface area contributed by atoms with Gasteiger partial charge in [-0.1, -0.05) is 12.1 Å². The van der Waals surface area contributed by atoms with Gasteiger partial charge in [-0.3, -0.25) is 8.63 Å². The third kappa shape index (κ3) is 3.97.